The first-order valence-corrected chi connectivity index (χ1v) is 31.5. The van der Waals surface area contributed by atoms with Crippen molar-refractivity contribution in [1.82, 2.24) is 16.0 Å². The smallest absolute Gasteiger partial charge is 0.462 e. The molecule has 3 amide bonds. The molecule has 0 aliphatic carbocycles. The van der Waals surface area contributed by atoms with Gasteiger partial charge in [-0.1, -0.05) is 218 Å². The molecular formula is C61H104N3O11P. The molecule has 0 saturated heterocycles. The van der Waals surface area contributed by atoms with Gasteiger partial charge in [-0.2, -0.15) is 0 Å². The predicted molar refractivity (Wildman–Crippen MR) is 306 cm³/mol. The van der Waals surface area contributed by atoms with E-state index in [1.807, 2.05) is 0 Å². The number of unbranched alkanes of at least 4 members (excludes halogenated alkanes) is 24. The number of rotatable bonds is 51. The Kier molecular flexibility index (Phi) is 41.2. The van der Waals surface area contributed by atoms with E-state index in [4.69, 9.17) is 18.3 Å². The molecule has 0 radical (unpaired) electrons. The highest BCUT2D eigenvalue weighted by Crippen LogP contribution is 2.49. The molecule has 0 aliphatic heterocycles. The van der Waals surface area contributed by atoms with E-state index >= 15 is 0 Å². The number of carbonyl (C=O) groups excluding carboxylic acids is 4. The molecule has 0 spiro atoms. The van der Waals surface area contributed by atoms with Gasteiger partial charge in [-0.05, 0) is 62.8 Å². The summed E-state index contributed by atoms with van der Waals surface area (Å²) in [7, 11) is -4.32. The molecule has 2 aromatic rings. The largest absolute Gasteiger partial charge is 0.587 e. The van der Waals surface area contributed by atoms with Crippen LogP contribution in [-0.2, 0) is 33.0 Å². The van der Waals surface area contributed by atoms with E-state index in [0.29, 0.717) is 25.7 Å². The van der Waals surface area contributed by atoms with E-state index in [0.717, 1.165) is 70.6 Å². The maximum absolute atomic E-state index is 14.2. The molecule has 2 aromatic carbocycles. The number of aliphatic hydroxyl groups excluding tert-OH is 2. The molecule has 0 bridgehead atoms. The van der Waals surface area contributed by atoms with E-state index in [2.05, 4.69) is 36.7 Å². The number of nitrogens with one attached hydrogen (secondary N) is 3. The number of benzene rings is 2. The van der Waals surface area contributed by atoms with Gasteiger partial charge < -0.3 is 39.9 Å². The molecule has 434 valence electrons. The van der Waals surface area contributed by atoms with Crippen LogP contribution in [0.2, 0.25) is 0 Å². The first-order valence-electron chi connectivity index (χ1n) is 30.1. The standard InChI is InChI=1S/C61H104N3O11P/c1-4-7-10-13-16-19-22-25-30-39-53(66)49-58(67)63-52(51-65)38-37-47-62-61(70)57(46-48-72-76(71,74-54-40-32-28-33-41-54)75-55-42-34-29-35-43-55)64-59(68)50-56(44-31-26-23-20-17-14-11-8-5-2)73-60(69)45-36-27-24-21-18-15-12-9-6-3/h28-29,32-35,40-43,52-53,56-57,65-66H,4-27,30-31,36-39,44-51H2,1-3H3,(H,62,70)(H,63,67)(H,64,68)/t52-,53-,56-,57?/m1/s1. The average molecular weight is 1090 g/mol. The molecular weight excluding hydrogens is 982 g/mol. The molecule has 0 fully saturated rings. The maximum atomic E-state index is 14.2. The summed E-state index contributed by atoms with van der Waals surface area (Å²) in [5, 5.41) is 29.2. The van der Waals surface area contributed by atoms with Crippen LogP contribution in [0.4, 0.5) is 0 Å². The minimum atomic E-state index is -4.32. The lowest BCUT2D eigenvalue weighted by atomic mass is 10.0. The second-order valence-corrected chi connectivity index (χ2v) is 22.4. The fraction of sp³-hybridized carbons (Fsp3) is 0.738. The number of hydrogen-bond acceptors (Lipinski definition) is 11. The molecule has 0 saturated carbocycles. The van der Waals surface area contributed by atoms with E-state index in [-0.39, 0.29) is 68.8 Å². The molecule has 76 heavy (non-hydrogen) atoms. The highest BCUT2D eigenvalue weighted by atomic mass is 31.2. The SMILES string of the molecule is CCCCCCCCCCCC(=O)O[C@H](CCCCCCCCCCC)CC(=O)NC(CCOP(=O)(Oc1ccccc1)Oc1ccccc1)C(=O)NCCC[C@H](CO)NC(=O)C[C@H](O)CCCCCCCCCCC. The Hall–Kier alpha value is -3.97. The van der Waals surface area contributed by atoms with Gasteiger partial charge in [0, 0.05) is 19.4 Å². The van der Waals surface area contributed by atoms with Crippen LogP contribution >= 0.6 is 7.82 Å². The van der Waals surface area contributed by atoms with Crippen LogP contribution in [0, 0.1) is 0 Å². The van der Waals surface area contributed by atoms with Crippen molar-refractivity contribution in [3.8, 4) is 11.5 Å². The zero-order valence-corrected chi connectivity index (χ0v) is 48.4. The van der Waals surface area contributed by atoms with Crippen LogP contribution < -0.4 is 25.0 Å². The molecule has 4 atom stereocenters. The Morgan fingerprint density at radius 1 is 0.526 bits per heavy atom. The monoisotopic (exact) mass is 1090 g/mol. The molecule has 0 aromatic heterocycles. The van der Waals surface area contributed by atoms with Crippen molar-refractivity contribution < 1.29 is 52.3 Å². The zero-order valence-electron chi connectivity index (χ0n) is 47.5. The quantitative estimate of drug-likeness (QED) is 0.0240. The maximum Gasteiger partial charge on any atom is 0.587 e. The van der Waals surface area contributed by atoms with Crippen molar-refractivity contribution >= 4 is 31.5 Å². The number of phosphoric ester groups is 1. The molecule has 1 unspecified atom stereocenters. The van der Waals surface area contributed by atoms with E-state index < -0.39 is 43.9 Å². The van der Waals surface area contributed by atoms with E-state index in [1.165, 1.54) is 103 Å². The lowest BCUT2D eigenvalue weighted by Gasteiger charge is -2.23. The number of aliphatic hydroxyl groups is 2. The molecule has 5 N–H and O–H groups in total. The summed E-state index contributed by atoms with van der Waals surface area (Å²) in [5.41, 5.74) is 0. The third-order valence-corrected chi connectivity index (χ3v) is 15.1. The second kappa shape index (κ2) is 46.0. The Labute approximate surface area is 459 Å². The summed E-state index contributed by atoms with van der Waals surface area (Å²) in [6.07, 6.45) is 31.1. The van der Waals surface area contributed by atoms with Gasteiger partial charge in [0.25, 0.3) is 0 Å². The van der Waals surface area contributed by atoms with Gasteiger partial charge >= 0.3 is 13.8 Å². The number of hydrogen-bond donors (Lipinski definition) is 5. The summed E-state index contributed by atoms with van der Waals surface area (Å²) in [6, 6.07) is 15.2. The molecule has 15 heteroatoms. The van der Waals surface area contributed by atoms with Crippen LogP contribution in [0.3, 0.4) is 0 Å². The highest BCUT2D eigenvalue weighted by Gasteiger charge is 2.33. The number of para-hydroxylation sites is 2. The molecule has 2 rings (SSSR count). The number of carbonyl (C=O) groups is 4. The van der Waals surface area contributed by atoms with Crippen LogP contribution in [0.5, 0.6) is 11.5 Å². The molecule has 14 nitrogen and oxygen atoms in total. The van der Waals surface area contributed by atoms with Gasteiger partial charge in [0.1, 0.15) is 23.6 Å². The Balaban J connectivity index is 2.09. The van der Waals surface area contributed by atoms with Crippen LogP contribution in [0.1, 0.15) is 245 Å². The summed E-state index contributed by atoms with van der Waals surface area (Å²) >= 11 is 0. The highest BCUT2D eigenvalue weighted by molar-refractivity contribution is 7.49. The summed E-state index contributed by atoms with van der Waals surface area (Å²) in [6.45, 7) is 6.17. The normalized spacial score (nSPS) is 13.1. The molecule has 0 heterocycles. The van der Waals surface area contributed by atoms with Crippen molar-refractivity contribution in [2.75, 3.05) is 19.8 Å². The van der Waals surface area contributed by atoms with Crippen LogP contribution in [0.15, 0.2) is 60.7 Å². The summed E-state index contributed by atoms with van der Waals surface area (Å²) in [5.74, 6) is -1.18. The minimum Gasteiger partial charge on any atom is -0.462 e. The van der Waals surface area contributed by atoms with Gasteiger partial charge in [0.05, 0.1) is 38.2 Å². The first kappa shape index (κ1) is 68.1. The first-order chi connectivity index (χ1) is 37.0. The number of esters is 1. The Morgan fingerprint density at radius 3 is 1.46 bits per heavy atom. The lowest BCUT2D eigenvalue weighted by molar-refractivity contribution is -0.151. The minimum absolute atomic E-state index is 0.0496. The topological polar surface area (TPSA) is 199 Å². The summed E-state index contributed by atoms with van der Waals surface area (Å²) < 4.78 is 37.6. The van der Waals surface area contributed by atoms with Gasteiger partial charge in [-0.25, -0.2) is 4.57 Å². The summed E-state index contributed by atoms with van der Waals surface area (Å²) in [4.78, 5) is 53.9. The lowest BCUT2D eigenvalue weighted by Crippen LogP contribution is -2.48. The van der Waals surface area contributed by atoms with Crippen molar-refractivity contribution in [1.29, 1.82) is 0 Å². The number of phosphoric acid groups is 1. The third kappa shape index (κ3) is 37.0. The van der Waals surface area contributed by atoms with Crippen molar-refractivity contribution in [2.45, 2.75) is 270 Å². The Morgan fingerprint density at radius 2 is 0.974 bits per heavy atom. The molecule has 0 aliphatic rings. The predicted octanol–water partition coefficient (Wildman–Crippen LogP) is 14.3. The van der Waals surface area contributed by atoms with Crippen molar-refractivity contribution in [3.63, 3.8) is 0 Å². The van der Waals surface area contributed by atoms with Gasteiger partial charge in [-0.15, -0.1) is 0 Å². The van der Waals surface area contributed by atoms with E-state index in [1.54, 1.807) is 60.7 Å². The van der Waals surface area contributed by atoms with Crippen molar-refractivity contribution in [3.05, 3.63) is 60.7 Å². The fourth-order valence-electron chi connectivity index (χ4n) is 9.20. The average Bonchev–Trinajstić information content (AvgIpc) is 3.40. The number of amides is 3. The second-order valence-electron chi connectivity index (χ2n) is 20.9. The van der Waals surface area contributed by atoms with Crippen LogP contribution in [-0.4, -0.2) is 78.0 Å². The van der Waals surface area contributed by atoms with Crippen molar-refractivity contribution in [2.24, 2.45) is 0 Å². The third-order valence-electron chi connectivity index (χ3n) is 13.7. The van der Waals surface area contributed by atoms with Gasteiger partial charge in [-0.3, -0.25) is 23.7 Å². The van der Waals surface area contributed by atoms with Gasteiger partial charge in [0.2, 0.25) is 17.7 Å². The zero-order chi connectivity index (χ0) is 55.2. The van der Waals surface area contributed by atoms with E-state index in [9.17, 15) is 34.0 Å². The number of ether oxygens (including phenoxy) is 1. The van der Waals surface area contributed by atoms with Crippen LogP contribution in [0.25, 0.3) is 0 Å². The van der Waals surface area contributed by atoms with Gasteiger partial charge in [0.15, 0.2) is 0 Å². The Bertz CT molecular complexity index is 1750. The fourth-order valence-corrected chi connectivity index (χ4v) is 10.4.